The third-order valence-corrected chi connectivity index (χ3v) is 25.8. The normalized spacial score (nSPS) is 11.6. The molecule has 640 valence electrons. The highest BCUT2D eigenvalue weighted by atomic mass is 14.3. The van der Waals surface area contributed by atoms with Crippen molar-refractivity contribution in [2.75, 3.05) is 0 Å². The fourth-order valence-corrected chi connectivity index (χ4v) is 18.3. The standard InChI is InChI=1S/C90H94.C27H24.C10H14/c1-9-13-15-17-21-81-61-88(86-58-56-84(60-66(86)8)90(78-49-41-74(42-50-78)70-33-25-64(6)26-34-70)80-53-45-76(46-54-80)72-37-29-68(20-12-4)30-38-72)82(22-18-16-14-10-2)62-87(81)85-57-55-83(59-65(85)7)89(77-47-39-73(40-48-77)69-31-23-63(5)24-32-69)79-51-43-75(44-52-79)71-35-27-67(19-11-3)28-36-71;1-19-4-10-22(11-5-19)25-16-26(23-12-6-20(2)7-13-23)18-27(17-25)24-14-8-21(3)9-15-24;1-3-4-10-7-5-9(2)6-8-10/h23-62,89-90H,9-22H2,1-8H3;4-18H,1-3H3;5-8H,3-4H2,1-2H3. The van der Waals surface area contributed by atoms with Gasteiger partial charge in [0.25, 0.3) is 0 Å². The molecule has 0 bridgehead atoms. The maximum atomic E-state index is 2.64. The fourth-order valence-electron chi connectivity index (χ4n) is 18.3. The zero-order valence-corrected chi connectivity index (χ0v) is 78.0. The van der Waals surface area contributed by atoms with Gasteiger partial charge in [0, 0.05) is 11.8 Å². The minimum atomic E-state index is 0.0620. The summed E-state index contributed by atoms with van der Waals surface area (Å²) in [7, 11) is 0. The topological polar surface area (TPSA) is 0 Å². The van der Waals surface area contributed by atoms with Crippen LogP contribution in [0.3, 0.4) is 0 Å². The maximum absolute atomic E-state index is 2.64. The SMILES string of the molecule is CCCCCCc1cc(-c2ccc(C(c3ccc(-c4ccc(C)cc4)cc3)c3ccc(-c4ccc(CCC)cc4)cc3)cc2C)c(CCCCCC)cc1-c1ccc(C(c2ccc(-c3ccc(C)cc3)cc2)c2ccc(-c3ccc(CCC)cc3)cc2)cc1C.CCCc1ccc(C)cc1.Cc1ccc(-c2cc(-c3ccc(C)cc3)cc(-c3ccc(C)cc3)c2)cc1. The van der Waals surface area contributed by atoms with Crippen LogP contribution in [0.15, 0.2) is 358 Å². The van der Waals surface area contributed by atoms with Gasteiger partial charge in [-0.15, -0.1) is 0 Å². The molecule has 16 aromatic rings. The third-order valence-electron chi connectivity index (χ3n) is 25.8. The van der Waals surface area contributed by atoms with Crippen molar-refractivity contribution in [3.05, 3.63) is 464 Å². The molecule has 0 heteroatoms. The fraction of sp³-hybridized carbons (Fsp3) is 0.244. The summed E-state index contributed by atoms with van der Waals surface area (Å²) >= 11 is 0. The summed E-state index contributed by atoms with van der Waals surface area (Å²) in [5.74, 6) is 0.124. The van der Waals surface area contributed by atoms with Crippen molar-refractivity contribution < 1.29 is 0 Å². The first-order valence-corrected chi connectivity index (χ1v) is 47.5. The number of aryl methyl sites for hydroxylation is 13. The van der Waals surface area contributed by atoms with E-state index in [0.29, 0.717) is 0 Å². The highest BCUT2D eigenvalue weighted by Crippen LogP contribution is 2.44. The Balaban J connectivity index is 0.000000288. The molecule has 0 nitrogen and oxygen atoms in total. The lowest BCUT2D eigenvalue weighted by molar-refractivity contribution is 0.664. The number of hydrogen-bond acceptors (Lipinski definition) is 0. The quantitative estimate of drug-likeness (QED) is 0.0300. The molecule has 0 aliphatic carbocycles. The van der Waals surface area contributed by atoms with E-state index in [9.17, 15) is 0 Å². The minimum absolute atomic E-state index is 0.0620. The smallest absolute Gasteiger partial charge is 0.0340 e. The summed E-state index contributed by atoms with van der Waals surface area (Å²) in [6.45, 7) is 28.9. The van der Waals surface area contributed by atoms with Crippen LogP contribution in [0.5, 0.6) is 0 Å². The van der Waals surface area contributed by atoms with Gasteiger partial charge >= 0.3 is 0 Å². The molecular formula is C127H132. The largest absolute Gasteiger partial charge is 0.0654 e. The number of hydrogen-bond donors (Lipinski definition) is 0. The van der Waals surface area contributed by atoms with E-state index in [-0.39, 0.29) is 11.8 Å². The van der Waals surface area contributed by atoms with Crippen molar-refractivity contribution in [1.29, 1.82) is 0 Å². The van der Waals surface area contributed by atoms with Crippen LogP contribution in [0.2, 0.25) is 0 Å². The summed E-state index contributed by atoms with van der Waals surface area (Å²) in [4.78, 5) is 0. The summed E-state index contributed by atoms with van der Waals surface area (Å²) in [5, 5.41) is 0. The number of benzene rings is 16. The van der Waals surface area contributed by atoms with E-state index in [1.807, 2.05) is 0 Å². The van der Waals surface area contributed by atoms with Gasteiger partial charge in [0.1, 0.15) is 0 Å². The van der Waals surface area contributed by atoms with Crippen LogP contribution >= 0.6 is 0 Å². The first kappa shape index (κ1) is 90.8. The van der Waals surface area contributed by atoms with Crippen LogP contribution in [-0.4, -0.2) is 0 Å². The Morgan fingerprint density at radius 2 is 0.362 bits per heavy atom. The van der Waals surface area contributed by atoms with Crippen LogP contribution in [0.1, 0.15) is 223 Å². The van der Waals surface area contributed by atoms with Gasteiger partial charge in [0.2, 0.25) is 0 Å². The monoisotopic (exact) mass is 1660 g/mol. The Labute approximate surface area is 763 Å². The lowest BCUT2D eigenvalue weighted by Crippen LogP contribution is -2.06. The van der Waals surface area contributed by atoms with Crippen molar-refractivity contribution in [2.45, 2.75) is 205 Å². The Bertz CT molecular complexity index is 5710. The van der Waals surface area contributed by atoms with Gasteiger partial charge in [-0.3, -0.25) is 0 Å². The van der Waals surface area contributed by atoms with Crippen molar-refractivity contribution in [3.63, 3.8) is 0 Å². The summed E-state index contributed by atoms with van der Waals surface area (Å²) in [5.41, 5.74) is 48.5. The Kier molecular flexibility index (Phi) is 31.9. The number of unbranched alkanes of at least 4 members (excludes halogenated alkanes) is 6. The van der Waals surface area contributed by atoms with Crippen molar-refractivity contribution >= 4 is 0 Å². The molecule has 0 aliphatic heterocycles. The third kappa shape index (κ3) is 24.0. The van der Waals surface area contributed by atoms with Crippen LogP contribution < -0.4 is 0 Å². The molecule has 0 fully saturated rings. The molecule has 0 saturated heterocycles. The van der Waals surface area contributed by atoms with Gasteiger partial charge in [0.15, 0.2) is 0 Å². The van der Waals surface area contributed by atoms with E-state index in [1.54, 1.807) is 0 Å². The lowest BCUT2D eigenvalue weighted by Gasteiger charge is -2.24. The second-order valence-electron chi connectivity index (χ2n) is 36.0. The summed E-state index contributed by atoms with van der Waals surface area (Å²) < 4.78 is 0. The van der Waals surface area contributed by atoms with Crippen molar-refractivity contribution in [2.24, 2.45) is 0 Å². The Morgan fingerprint density at radius 1 is 0.157 bits per heavy atom. The van der Waals surface area contributed by atoms with E-state index in [2.05, 4.69) is 448 Å². The molecule has 127 heavy (non-hydrogen) atoms. The molecule has 0 spiro atoms. The van der Waals surface area contributed by atoms with E-state index in [0.717, 1.165) is 38.5 Å². The average molecular weight is 1660 g/mol. The van der Waals surface area contributed by atoms with Crippen molar-refractivity contribution in [1.82, 2.24) is 0 Å². The molecule has 0 saturated carbocycles. The minimum Gasteiger partial charge on any atom is -0.0654 e. The molecule has 0 heterocycles. The molecule has 16 rings (SSSR count). The molecule has 0 radical (unpaired) electrons. The van der Waals surface area contributed by atoms with Crippen LogP contribution in [-0.2, 0) is 32.1 Å². The van der Waals surface area contributed by atoms with E-state index in [1.165, 1.54) is 270 Å². The van der Waals surface area contributed by atoms with Gasteiger partial charge < -0.3 is 0 Å². The maximum Gasteiger partial charge on any atom is 0.0340 e. The summed E-state index contributed by atoms with van der Waals surface area (Å²) in [6.07, 6.45) is 18.9. The second kappa shape index (κ2) is 44.6. The molecule has 0 N–H and O–H groups in total. The molecule has 0 amide bonds. The van der Waals surface area contributed by atoms with E-state index in [4.69, 9.17) is 0 Å². The summed E-state index contributed by atoms with van der Waals surface area (Å²) in [6, 6.07) is 136. The van der Waals surface area contributed by atoms with Crippen molar-refractivity contribution in [3.8, 4) is 100 Å². The lowest BCUT2D eigenvalue weighted by atomic mass is 9.80. The highest BCUT2D eigenvalue weighted by Gasteiger charge is 2.24. The van der Waals surface area contributed by atoms with Crippen LogP contribution in [0, 0.1) is 55.4 Å². The Morgan fingerprint density at radius 3 is 0.591 bits per heavy atom. The predicted octanol–water partition coefficient (Wildman–Crippen LogP) is 36.0. The van der Waals surface area contributed by atoms with Gasteiger partial charge in [-0.05, 0) is 291 Å². The van der Waals surface area contributed by atoms with Gasteiger partial charge in [0.05, 0.1) is 0 Å². The van der Waals surface area contributed by atoms with Crippen LogP contribution in [0.25, 0.3) is 100 Å². The Hall–Kier alpha value is -12.5. The molecule has 0 aromatic heterocycles. The first-order valence-electron chi connectivity index (χ1n) is 47.5. The predicted molar refractivity (Wildman–Crippen MR) is 551 cm³/mol. The molecule has 16 aromatic carbocycles. The molecular weight excluding hydrogens is 1530 g/mol. The zero-order chi connectivity index (χ0) is 88.5. The average Bonchev–Trinajstić information content (AvgIpc) is 0.752. The number of rotatable bonds is 31. The first-order chi connectivity index (χ1) is 62.0. The highest BCUT2D eigenvalue weighted by molar-refractivity contribution is 5.83. The zero-order valence-electron chi connectivity index (χ0n) is 78.0. The van der Waals surface area contributed by atoms with Crippen LogP contribution in [0.4, 0.5) is 0 Å². The second-order valence-corrected chi connectivity index (χ2v) is 36.0. The molecule has 0 aliphatic rings. The van der Waals surface area contributed by atoms with E-state index >= 15 is 0 Å². The van der Waals surface area contributed by atoms with E-state index < -0.39 is 0 Å². The molecule has 2 atom stereocenters. The van der Waals surface area contributed by atoms with Gasteiger partial charge in [-0.1, -0.05) is 466 Å². The van der Waals surface area contributed by atoms with Gasteiger partial charge in [-0.2, -0.15) is 0 Å². The molecule has 2 unspecified atom stereocenters. The van der Waals surface area contributed by atoms with Gasteiger partial charge in [-0.25, -0.2) is 0 Å².